The van der Waals surface area contributed by atoms with Crippen LogP contribution < -0.4 is 0 Å². The van der Waals surface area contributed by atoms with E-state index in [1.165, 1.54) is 0 Å². The zero-order chi connectivity index (χ0) is 14.7. The number of aliphatic carboxylic acids is 1. The van der Waals surface area contributed by atoms with Gasteiger partial charge in [-0.3, -0.25) is 9.59 Å². The Labute approximate surface area is 118 Å². The molecule has 3 atom stereocenters. The highest BCUT2D eigenvalue weighted by Gasteiger charge is 2.43. The first-order chi connectivity index (χ1) is 9.52. The minimum Gasteiger partial charge on any atom is -0.481 e. The van der Waals surface area contributed by atoms with Crippen molar-refractivity contribution >= 4 is 11.9 Å². The number of carbonyl (C=O) groups excluding carboxylic acids is 1. The molecule has 1 aliphatic rings. The smallest absolute Gasteiger partial charge is 0.307 e. The van der Waals surface area contributed by atoms with Gasteiger partial charge in [0.2, 0.25) is 5.91 Å². The number of nitrogens with zero attached hydrogens (tertiary/aromatic N) is 1. The maximum atomic E-state index is 12.5. The largest absolute Gasteiger partial charge is 0.481 e. The van der Waals surface area contributed by atoms with Gasteiger partial charge in [0.1, 0.15) is 5.76 Å². The average Bonchev–Trinajstić information content (AvgIpc) is 3.06. The zero-order valence-corrected chi connectivity index (χ0v) is 11.9. The van der Waals surface area contributed by atoms with Crippen LogP contribution in [0.5, 0.6) is 0 Å². The van der Waals surface area contributed by atoms with E-state index in [1.54, 1.807) is 24.3 Å². The molecule has 1 heterocycles. The van der Waals surface area contributed by atoms with E-state index >= 15 is 0 Å². The maximum absolute atomic E-state index is 12.5. The van der Waals surface area contributed by atoms with Crippen LogP contribution in [0.1, 0.15) is 31.9 Å². The van der Waals surface area contributed by atoms with Crippen molar-refractivity contribution in [3.05, 3.63) is 24.2 Å². The third-order valence-corrected chi connectivity index (χ3v) is 4.22. The third-order valence-electron chi connectivity index (χ3n) is 4.22. The van der Waals surface area contributed by atoms with Crippen LogP contribution in [0.3, 0.4) is 0 Å². The lowest BCUT2D eigenvalue weighted by Gasteiger charge is -2.22. The Balaban J connectivity index is 2.04. The highest BCUT2D eigenvalue weighted by molar-refractivity contribution is 5.85. The highest BCUT2D eigenvalue weighted by Crippen LogP contribution is 2.39. The molecule has 1 aliphatic carbocycles. The summed E-state index contributed by atoms with van der Waals surface area (Å²) < 4.78 is 5.22. The number of amides is 1. The van der Waals surface area contributed by atoms with E-state index in [4.69, 9.17) is 4.42 Å². The molecule has 110 valence electrons. The maximum Gasteiger partial charge on any atom is 0.307 e. The number of hydrogen-bond donors (Lipinski definition) is 1. The molecule has 1 saturated carbocycles. The molecular weight excluding hydrogens is 258 g/mol. The Bertz CT molecular complexity index is 468. The van der Waals surface area contributed by atoms with Crippen LogP contribution in [0.4, 0.5) is 0 Å². The van der Waals surface area contributed by atoms with E-state index in [2.05, 4.69) is 0 Å². The first kappa shape index (κ1) is 14.6. The topological polar surface area (TPSA) is 70.8 Å². The minimum absolute atomic E-state index is 0.0928. The lowest BCUT2D eigenvalue weighted by Crippen LogP contribution is -2.36. The van der Waals surface area contributed by atoms with Gasteiger partial charge in [-0.15, -0.1) is 0 Å². The van der Waals surface area contributed by atoms with Crippen LogP contribution in [0.2, 0.25) is 0 Å². The molecule has 1 N–H and O–H groups in total. The summed E-state index contributed by atoms with van der Waals surface area (Å²) in [6.45, 7) is 2.43. The fraction of sp³-hybridized carbons (Fsp3) is 0.600. The van der Waals surface area contributed by atoms with Gasteiger partial charge >= 0.3 is 5.97 Å². The number of furan rings is 1. The molecule has 0 bridgehead atoms. The minimum atomic E-state index is -0.856. The highest BCUT2D eigenvalue weighted by atomic mass is 16.4. The molecule has 0 spiro atoms. The number of carbonyl (C=O) groups is 2. The molecule has 1 aromatic heterocycles. The molecule has 1 fully saturated rings. The lowest BCUT2D eigenvalue weighted by atomic mass is 9.95. The van der Waals surface area contributed by atoms with E-state index in [1.807, 2.05) is 13.0 Å². The molecule has 0 saturated heterocycles. The number of carboxylic acid groups (broad SMARTS) is 1. The third kappa shape index (κ3) is 3.03. The van der Waals surface area contributed by atoms with Crippen molar-refractivity contribution in [2.24, 2.45) is 17.8 Å². The molecular formula is C15H21NO4. The van der Waals surface area contributed by atoms with Crippen molar-refractivity contribution in [2.45, 2.75) is 32.7 Å². The van der Waals surface area contributed by atoms with Gasteiger partial charge in [-0.05, 0) is 30.9 Å². The molecule has 1 aromatic rings. The standard InChI is InChI=1S/C15H21NO4/c1-3-10-7-12(13(8-10)15(18)19)14(17)16(2)9-11-5-4-6-20-11/h4-6,10,12-13H,3,7-9H2,1-2H3,(H,18,19)/t10?,12-,13+/m0/s1. The summed E-state index contributed by atoms with van der Waals surface area (Å²) in [5, 5.41) is 9.30. The van der Waals surface area contributed by atoms with E-state index in [-0.39, 0.29) is 5.91 Å². The Morgan fingerprint density at radius 1 is 1.40 bits per heavy atom. The van der Waals surface area contributed by atoms with Crippen molar-refractivity contribution in [2.75, 3.05) is 7.05 Å². The number of carboxylic acids is 1. The van der Waals surface area contributed by atoms with Crippen LogP contribution in [0, 0.1) is 17.8 Å². The summed E-state index contributed by atoms with van der Waals surface area (Å²) in [7, 11) is 1.70. The second-order valence-corrected chi connectivity index (χ2v) is 5.57. The quantitative estimate of drug-likeness (QED) is 0.898. The van der Waals surface area contributed by atoms with Crippen LogP contribution >= 0.6 is 0 Å². The van der Waals surface area contributed by atoms with Gasteiger partial charge in [0, 0.05) is 7.05 Å². The van der Waals surface area contributed by atoms with Crippen molar-refractivity contribution in [1.82, 2.24) is 4.90 Å². The van der Waals surface area contributed by atoms with Crippen molar-refractivity contribution in [3.63, 3.8) is 0 Å². The van der Waals surface area contributed by atoms with Gasteiger partial charge in [-0.25, -0.2) is 0 Å². The molecule has 2 rings (SSSR count). The average molecular weight is 279 g/mol. The molecule has 5 heteroatoms. The normalized spacial score (nSPS) is 25.6. The predicted molar refractivity (Wildman–Crippen MR) is 72.8 cm³/mol. The molecule has 1 unspecified atom stereocenters. The lowest BCUT2D eigenvalue weighted by molar-refractivity contribution is -0.148. The van der Waals surface area contributed by atoms with Crippen LogP contribution in [-0.2, 0) is 16.1 Å². The Hall–Kier alpha value is -1.78. The molecule has 5 nitrogen and oxygen atoms in total. The summed E-state index contributed by atoms with van der Waals surface area (Å²) in [5.74, 6) is -0.862. The van der Waals surface area contributed by atoms with E-state index < -0.39 is 17.8 Å². The fourth-order valence-corrected chi connectivity index (χ4v) is 3.02. The first-order valence-corrected chi connectivity index (χ1v) is 7.03. The summed E-state index contributed by atoms with van der Waals surface area (Å²) in [5.41, 5.74) is 0. The van der Waals surface area contributed by atoms with Gasteiger partial charge in [0.05, 0.1) is 24.6 Å². The molecule has 20 heavy (non-hydrogen) atoms. The Morgan fingerprint density at radius 2 is 2.10 bits per heavy atom. The number of rotatable bonds is 5. The SMILES string of the molecule is CCC1C[C@H](C(=O)N(C)Cc2ccco2)[C@H](C(=O)O)C1. The summed E-state index contributed by atoms with van der Waals surface area (Å²) >= 11 is 0. The van der Waals surface area contributed by atoms with E-state index in [0.717, 1.165) is 6.42 Å². The van der Waals surface area contributed by atoms with Crippen LogP contribution in [0.25, 0.3) is 0 Å². The van der Waals surface area contributed by atoms with Crippen molar-refractivity contribution in [1.29, 1.82) is 0 Å². The van der Waals surface area contributed by atoms with Gasteiger partial charge in [-0.2, -0.15) is 0 Å². The van der Waals surface area contributed by atoms with Gasteiger partial charge < -0.3 is 14.4 Å². The number of hydrogen-bond acceptors (Lipinski definition) is 3. The van der Waals surface area contributed by atoms with Gasteiger partial charge in [0.15, 0.2) is 0 Å². The van der Waals surface area contributed by atoms with E-state index in [0.29, 0.717) is 31.1 Å². The first-order valence-electron chi connectivity index (χ1n) is 7.03. The second-order valence-electron chi connectivity index (χ2n) is 5.57. The summed E-state index contributed by atoms with van der Waals surface area (Å²) in [6, 6.07) is 3.58. The fourth-order valence-electron chi connectivity index (χ4n) is 3.02. The Morgan fingerprint density at radius 3 is 2.65 bits per heavy atom. The molecule has 0 aliphatic heterocycles. The predicted octanol–water partition coefficient (Wildman–Crippen LogP) is 2.38. The van der Waals surface area contributed by atoms with Gasteiger partial charge in [-0.1, -0.05) is 13.3 Å². The van der Waals surface area contributed by atoms with Gasteiger partial charge in [0.25, 0.3) is 0 Å². The van der Waals surface area contributed by atoms with Crippen LogP contribution in [-0.4, -0.2) is 28.9 Å². The monoisotopic (exact) mass is 279 g/mol. The zero-order valence-electron chi connectivity index (χ0n) is 11.9. The molecule has 0 aromatic carbocycles. The molecule has 1 amide bonds. The summed E-state index contributed by atoms with van der Waals surface area (Å²) in [6.07, 6.45) is 3.78. The van der Waals surface area contributed by atoms with Crippen molar-refractivity contribution in [3.8, 4) is 0 Å². The Kier molecular flexibility index (Phi) is 4.47. The van der Waals surface area contributed by atoms with Crippen LogP contribution in [0.15, 0.2) is 22.8 Å². The summed E-state index contributed by atoms with van der Waals surface area (Å²) in [4.78, 5) is 25.4. The second kappa shape index (κ2) is 6.11. The van der Waals surface area contributed by atoms with E-state index in [9.17, 15) is 14.7 Å². The van der Waals surface area contributed by atoms with Crippen molar-refractivity contribution < 1.29 is 19.1 Å². The molecule has 0 radical (unpaired) electrons.